The third-order valence-electron chi connectivity index (χ3n) is 14.4. The summed E-state index contributed by atoms with van der Waals surface area (Å²) in [5.41, 5.74) is 18.1. The summed E-state index contributed by atoms with van der Waals surface area (Å²) in [7, 11) is 0. The molecule has 2 aromatic heterocycles. The Labute approximate surface area is 396 Å². The minimum atomic E-state index is -0.215. The molecule has 13 rings (SSSR count). The topological polar surface area (TPSA) is 43.6 Å². The maximum absolute atomic E-state index is 5.23. The molecule has 4 heteroatoms. The quantitative estimate of drug-likeness (QED) is 0.160. The highest BCUT2D eigenvalue weighted by Gasteiger charge is 2.38. The van der Waals surface area contributed by atoms with E-state index in [-0.39, 0.29) is 5.41 Å². The summed E-state index contributed by atoms with van der Waals surface area (Å²) in [6, 6.07) is 70.2. The average Bonchev–Trinajstić information content (AvgIpc) is 3.94. The van der Waals surface area contributed by atoms with Gasteiger partial charge in [0.05, 0.1) is 28.8 Å². The van der Waals surface area contributed by atoms with Gasteiger partial charge in [-0.3, -0.25) is 0 Å². The molecular weight excluding hydrogens is 825 g/mol. The zero-order valence-corrected chi connectivity index (χ0v) is 37.9. The number of fused-ring (bicyclic) bond motifs is 7. The normalized spacial score (nSPS) is 14.7. The highest BCUT2D eigenvalue weighted by atomic mass is 15.3. The first kappa shape index (κ1) is 39.9. The number of rotatable bonds is 7. The molecule has 0 aliphatic heterocycles. The molecule has 2 aliphatic carbocycles. The summed E-state index contributed by atoms with van der Waals surface area (Å²) in [6.07, 6.45) is 12.0. The van der Waals surface area contributed by atoms with Crippen molar-refractivity contribution in [3.05, 3.63) is 241 Å². The molecule has 9 aromatic carbocycles. The van der Waals surface area contributed by atoms with E-state index in [4.69, 9.17) is 15.1 Å². The van der Waals surface area contributed by atoms with Gasteiger partial charge in [-0.05, 0) is 121 Å². The van der Waals surface area contributed by atoms with E-state index in [1.165, 1.54) is 71.4 Å². The summed E-state index contributed by atoms with van der Waals surface area (Å²) in [5.74, 6) is 1.02. The van der Waals surface area contributed by atoms with Crippen LogP contribution in [0.1, 0.15) is 42.9 Å². The predicted octanol–water partition coefficient (Wildman–Crippen LogP) is 16.4. The highest BCUT2D eigenvalue weighted by molar-refractivity contribution is 5.98. The Kier molecular flexibility index (Phi) is 9.29. The Morgan fingerprint density at radius 3 is 1.81 bits per heavy atom. The molecule has 4 nitrogen and oxygen atoms in total. The lowest BCUT2D eigenvalue weighted by Gasteiger charge is -2.22. The summed E-state index contributed by atoms with van der Waals surface area (Å²) in [5, 5.41) is 11.1. The lowest BCUT2D eigenvalue weighted by atomic mass is 9.81. The van der Waals surface area contributed by atoms with Crippen molar-refractivity contribution < 1.29 is 0 Å². The standard InChI is InChI=1S/C64H46N4/c1-64(2)58-31-29-49(38-56(58)55-30-32-61-57(62(55)64)40-65-68(61)54-36-52(41-13-5-3-6-14-41)35-53(37-54)42-15-7-4-8-16-42)45-21-25-46(26-22-45)63-66-59(50-27-23-43-17-9-11-19-47(43)33-50)39-60(67-63)51-28-24-44-18-10-12-20-48(44)34-51/h3-15,17-40,42H,16H2,1-2H3. The third-order valence-corrected chi connectivity index (χ3v) is 14.4. The van der Waals surface area contributed by atoms with Gasteiger partial charge in [0.15, 0.2) is 5.82 Å². The number of benzene rings is 9. The van der Waals surface area contributed by atoms with Crippen LogP contribution in [0.4, 0.5) is 0 Å². The summed E-state index contributed by atoms with van der Waals surface area (Å²) >= 11 is 0. The van der Waals surface area contributed by atoms with Gasteiger partial charge in [0.2, 0.25) is 0 Å². The second-order valence-corrected chi connectivity index (χ2v) is 18.9. The molecule has 322 valence electrons. The van der Waals surface area contributed by atoms with E-state index in [0.717, 1.165) is 51.3 Å². The Morgan fingerprint density at radius 2 is 1.12 bits per heavy atom. The Morgan fingerprint density at radius 1 is 0.485 bits per heavy atom. The molecule has 2 aliphatic rings. The molecule has 1 unspecified atom stereocenters. The molecule has 0 fully saturated rings. The second kappa shape index (κ2) is 15.9. The van der Waals surface area contributed by atoms with Gasteiger partial charge in [-0.2, -0.15) is 5.10 Å². The Balaban J connectivity index is 0.862. The van der Waals surface area contributed by atoms with Crippen molar-refractivity contribution >= 4 is 32.4 Å². The van der Waals surface area contributed by atoms with E-state index in [2.05, 4.69) is 243 Å². The monoisotopic (exact) mass is 870 g/mol. The first-order chi connectivity index (χ1) is 33.4. The van der Waals surface area contributed by atoms with Crippen molar-refractivity contribution in [2.75, 3.05) is 0 Å². The first-order valence-corrected chi connectivity index (χ1v) is 23.6. The van der Waals surface area contributed by atoms with Gasteiger partial charge in [-0.1, -0.05) is 190 Å². The van der Waals surface area contributed by atoms with Crippen molar-refractivity contribution in [2.24, 2.45) is 0 Å². The number of aromatic nitrogens is 4. The van der Waals surface area contributed by atoms with E-state index < -0.39 is 0 Å². The van der Waals surface area contributed by atoms with Gasteiger partial charge >= 0.3 is 0 Å². The number of hydrogen-bond acceptors (Lipinski definition) is 3. The zero-order valence-electron chi connectivity index (χ0n) is 37.9. The summed E-state index contributed by atoms with van der Waals surface area (Å²) in [4.78, 5) is 10.5. The Hall–Kier alpha value is -8.47. The number of hydrogen-bond donors (Lipinski definition) is 0. The van der Waals surface area contributed by atoms with E-state index in [9.17, 15) is 0 Å². The SMILES string of the molecule is CC1(C)c2ccc(-c3ccc(-c4nc(-c5ccc6ccccc6c5)cc(-c5ccc6ccccc6c5)n4)cc3)cc2-c2ccc3c(cnn3-c3cc(-c4ccccc4)cc(C4C=CC=CC4)c3)c21. The predicted molar refractivity (Wildman–Crippen MR) is 282 cm³/mol. The summed E-state index contributed by atoms with van der Waals surface area (Å²) in [6.45, 7) is 4.72. The highest BCUT2D eigenvalue weighted by Crippen LogP contribution is 2.52. The molecule has 0 radical (unpaired) electrons. The van der Waals surface area contributed by atoms with Gasteiger partial charge < -0.3 is 0 Å². The van der Waals surface area contributed by atoms with Gasteiger partial charge in [0.25, 0.3) is 0 Å². The van der Waals surface area contributed by atoms with Gasteiger partial charge in [-0.25, -0.2) is 14.6 Å². The molecule has 1 atom stereocenters. The number of nitrogens with zero attached hydrogens (tertiary/aromatic N) is 4. The fourth-order valence-corrected chi connectivity index (χ4v) is 10.8. The fourth-order valence-electron chi connectivity index (χ4n) is 10.8. The minimum Gasteiger partial charge on any atom is -0.233 e. The van der Waals surface area contributed by atoms with Crippen LogP contribution < -0.4 is 0 Å². The number of allylic oxidation sites excluding steroid dienone is 4. The minimum absolute atomic E-state index is 0.215. The molecule has 0 saturated heterocycles. The lowest BCUT2D eigenvalue weighted by molar-refractivity contribution is 0.666. The van der Waals surface area contributed by atoms with Crippen LogP contribution in [0.3, 0.4) is 0 Å². The van der Waals surface area contributed by atoms with Crippen LogP contribution in [0.2, 0.25) is 0 Å². The average molecular weight is 871 g/mol. The first-order valence-electron chi connectivity index (χ1n) is 23.6. The maximum Gasteiger partial charge on any atom is 0.160 e. The lowest BCUT2D eigenvalue weighted by Crippen LogP contribution is -2.15. The largest absolute Gasteiger partial charge is 0.233 e. The fraction of sp³-hybridized carbons (Fsp3) is 0.0781. The van der Waals surface area contributed by atoms with Gasteiger partial charge in [0.1, 0.15) is 0 Å². The third kappa shape index (κ3) is 6.79. The van der Waals surface area contributed by atoms with E-state index in [1.807, 2.05) is 0 Å². The van der Waals surface area contributed by atoms with Crippen LogP contribution in [-0.2, 0) is 5.41 Å². The van der Waals surface area contributed by atoms with Crippen molar-refractivity contribution in [1.82, 2.24) is 19.7 Å². The van der Waals surface area contributed by atoms with Gasteiger partial charge in [0, 0.05) is 33.4 Å². The smallest absolute Gasteiger partial charge is 0.160 e. The van der Waals surface area contributed by atoms with Crippen molar-refractivity contribution in [2.45, 2.75) is 31.6 Å². The van der Waals surface area contributed by atoms with Crippen LogP contribution in [0.15, 0.2) is 225 Å². The van der Waals surface area contributed by atoms with Crippen LogP contribution in [0, 0.1) is 0 Å². The van der Waals surface area contributed by atoms with Crippen LogP contribution in [0.25, 0.3) is 105 Å². The molecular formula is C64H46N4. The molecule has 11 aromatic rings. The van der Waals surface area contributed by atoms with Crippen molar-refractivity contribution in [3.63, 3.8) is 0 Å². The van der Waals surface area contributed by atoms with E-state index >= 15 is 0 Å². The molecule has 0 bridgehead atoms. The van der Waals surface area contributed by atoms with E-state index in [0.29, 0.717) is 11.7 Å². The molecule has 0 N–H and O–H groups in total. The van der Waals surface area contributed by atoms with Gasteiger partial charge in [-0.15, -0.1) is 0 Å². The maximum atomic E-state index is 5.23. The van der Waals surface area contributed by atoms with Crippen molar-refractivity contribution in [1.29, 1.82) is 0 Å². The molecule has 68 heavy (non-hydrogen) atoms. The zero-order chi connectivity index (χ0) is 45.3. The van der Waals surface area contributed by atoms with Crippen LogP contribution in [0.5, 0.6) is 0 Å². The molecule has 0 amide bonds. The summed E-state index contributed by atoms with van der Waals surface area (Å²) < 4.78 is 2.14. The van der Waals surface area contributed by atoms with E-state index in [1.54, 1.807) is 0 Å². The molecule has 0 saturated carbocycles. The van der Waals surface area contributed by atoms with Crippen LogP contribution >= 0.6 is 0 Å². The Bertz CT molecular complexity index is 3760. The second-order valence-electron chi connectivity index (χ2n) is 18.9. The van der Waals surface area contributed by atoms with Crippen LogP contribution in [-0.4, -0.2) is 19.7 Å². The molecule has 2 heterocycles. The molecule has 0 spiro atoms. The van der Waals surface area contributed by atoms with Crippen molar-refractivity contribution in [3.8, 4) is 73.0 Å².